The van der Waals surface area contributed by atoms with Gasteiger partial charge in [0.2, 0.25) is 0 Å². The summed E-state index contributed by atoms with van der Waals surface area (Å²) in [7, 11) is 0. The van der Waals surface area contributed by atoms with Crippen molar-refractivity contribution in [2.45, 2.75) is 116 Å². The molecule has 0 aromatic carbocycles. The summed E-state index contributed by atoms with van der Waals surface area (Å²) in [4.78, 5) is 0. The van der Waals surface area contributed by atoms with Crippen LogP contribution in [0.4, 0.5) is 0 Å². The van der Waals surface area contributed by atoms with Crippen LogP contribution in [0, 0.1) is 5.41 Å². The molecule has 0 saturated heterocycles. The van der Waals surface area contributed by atoms with Crippen molar-refractivity contribution in [3.05, 3.63) is 0 Å². The molecule has 0 aromatic rings. The Bertz CT molecular complexity index is 218. The molecule has 1 heteroatoms. The molecular formula is C19H39N. The highest BCUT2D eigenvalue weighted by Crippen LogP contribution is 2.41. The third-order valence-corrected chi connectivity index (χ3v) is 5.51. The van der Waals surface area contributed by atoms with E-state index in [9.17, 15) is 0 Å². The van der Waals surface area contributed by atoms with Crippen LogP contribution in [0.15, 0.2) is 0 Å². The summed E-state index contributed by atoms with van der Waals surface area (Å²) < 4.78 is 0. The van der Waals surface area contributed by atoms with Gasteiger partial charge < -0.3 is 5.73 Å². The zero-order valence-corrected chi connectivity index (χ0v) is 14.3. The summed E-state index contributed by atoms with van der Waals surface area (Å²) in [5, 5.41) is 0. The van der Waals surface area contributed by atoms with E-state index in [1.807, 2.05) is 0 Å². The van der Waals surface area contributed by atoms with Crippen molar-refractivity contribution >= 4 is 0 Å². The average Bonchev–Trinajstić information content (AvgIpc) is 2.89. The Hall–Kier alpha value is -0.0400. The maximum absolute atomic E-state index is 6.42. The molecule has 1 fully saturated rings. The minimum atomic E-state index is 0.457. The second kappa shape index (κ2) is 10.7. The van der Waals surface area contributed by atoms with Crippen molar-refractivity contribution in [1.82, 2.24) is 0 Å². The lowest BCUT2D eigenvalue weighted by molar-refractivity contribution is 0.246. The first kappa shape index (κ1) is 18.0. The van der Waals surface area contributed by atoms with Crippen molar-refractivity contribution in [1.29, 1.82) is 0 Å². The van der Waals surface area contributed by atoms with Crippen molar-refractivity contribution < 1.29 is 0 Å². The molecule has 0 aromatic heterocycles. The topological polar surface area (TPSA) is 26.0 Å². The second-order valence-electron chi connectivity index (χ2n) is 7.44. The summed E-state index contributed by atoms with van der Waals surface area (Å²) in [5.74, 6) is 0. The van der Waals surface area contributed by atoms with Crippen LogP contribution >= 0.6 is 0 Å². The fourth-order valence-electron chi connectivity index (χ4n) is 3.75. The van der Waals surface area contributed by atoms with Crippen LogP contribution in [0.3, 0.4) is 0 Å². The van der Waals surface area contributed by atoms with E-state index in [0.29, 0.717) is 11.5 Å². The van der Waals surface area contributed by atoms with Gasteiger partial charge in [-0.2, -0.15) is 0 Å². The number of hydrogen-bond acceptors (Lipinski definition) is 1. The van der Waals surface area contributed by atoms with E-state index in [2.05, 4.69) is 13.8 Å². The van der Waals surface area contributed by atoms with Gasteiger partial charge in [-0.15, -0.1) is 0 Å². The Kier molecular flexibility index (Phi) is 9.59. The third kappa shape index (κ3) is 7.11. The number of hydrogen-bond donors (Lipinski definition) is 1. The normalized spacial score (nSPS) is 19.4. The quantitative estimate of drug-likeness (QED) is 0.423. The van der Waals surface area contributed by atoms with Crippen LogP contribution in [-0.2, 0) is 0 Å². The van der Waals surface area contributed by atoms with Gasteiger partial charge in [0, 0.05) is 6.04 Å². The molecule has 0 radical (unpaired) electrons. The van der Waals surface area contributed by atoms with Gasteiger partial charge in [-0.25, -0.2) is 0 Å². The van der Waals surface area contributed by atoms with Crippen LogP contribution in [0.5, 0.6) is 0 Å². The van der Waals surface area contributed by atoms with Gasteiger partial charge in [0.25, 0.3) is 0 Å². The lowest BCUT2D eigenvalue weighted by Crippen LogP contribution is -2.37. The average molecular weight is 282 g/mol. The predicted molar refractivity (Wildman–Crippen MR) is 91.0 cm³/mol. The lowest BCUT2D eigenvalue weighted by Gasteiger charge is -2.31. The summed E-state index contributed by atoms with van der Waals surface area (Å²) in [6.45, 7) is 4.71. The molecule has 1 aliphatic carbocycles. The third-order valence-electron chi connectivity index (χ3n) is 5.51. The monoisotopic (exact) mass is 281 g/mol. The molecular weight excluding hydrogens is 242 g/mol. The fourth-order valence-corrected chi connectivity index (χ4v) is 3.75. The molecule has 0 spiro atoms. The number of nitrogens with two attached hydrogens (primary N) is 1. The molecule has 1 saturated carbocycles. The molecule has 1 nitrogen and oxygen atoms in total. The Balaban J connectivity index is 1.87. The maximum atomic E-state index is 6.42. The minimum absolute atomic E-state index is 0.457. The summed E-state index contributed by atoms with van der Waals surface area (Å²) in [6.07, 6.45) is 21.0. The van der Waals surface area contributed by atoms with Gasteiger partial charge in [-0.3, -0.25) is 0 Å². The molecule has 0 aliphatic heterocycles. The Morgan fingerprint density at radius 2 is 1.25 bits per heavy atom. The SMILES string of the molecule is CCCCCCCCCCCCC(N)C1(C)CCCC1. The Morgan fingerprint density at radius 3 is 1.75 bits per heavy atom. The fraction of sp³-hybridized carbons (Fsp3) is 1.00. The molecule has 120 valence electrons. The minimum Gasteiger partial charge on any atom is -0.327 e. The van der Waals surface area contributed by atoms with Gasteiger partial charge in [-0.05, 0) is 24.7 Å². The first-order valence-electron chi connectivity index (χ1n) is 9.44. The zero-order chi connectivity index (χ0) is 14.7. The van der Waals surface area contributed by atoms with E-state index >= 15 is 0 Å². The van der Waals surface area contributed by atoms with E-state index in [4.69, 9.17) is 5.73 Å². The van der Waals surface area contributed by atoms with Gasteiger partial charge in [0.15, 0.2) is 0 Å². The second-order valence-corrected chi connectivity index (χ2v) is 7.44. The molecule has 20 heavy (non-hydrogen) atoms. The first-order valence-corrected chi connectivity index (χ1v) is 9.44. The van der Waals surface area contributed by atoms with E-state index < -0.39 is 0 Å². The summed E-state index contributed by atoms with van der Waals surface area (Å²) in [6, 6.07) is 0.457. The molecule has 1 rings (SSSR count). The maximum Gasteiger partial charge on any atom is 0.00929 e. The molecule has 0 bridgehead atoms. The first-order chi connectivity index (χ1) is 9.69. The molecule has 0 heterocycles. The van der Waals surface area contributed by atoms with Crippen molar-refractivity contribution in [2.75, 3.05) is 0 Å². The van der Waals surface area contributed by atoms with Crippen LogP contribution in [-0.4, -0.2) is 6.04 Å². The smallest absolute Gasteiger partial charge is 0.00929 e. The van der Waals surface area contributed by atoms with E-state index in [1.165, 1.54) is 96.3 Å². The Labute approximate surface area is 128 Å². The van der Waals surface area contributed by atoms with Crippen LogP contribution < -0.4 is 5.73 Å². The van der Waals surface area contributed by atoms with Gasteiger partial charge in [0.05, 0.1) is 0 Å². The van der Waals surface area contributed by atoms with Crippen LogP contribution in [0.2, 0.25) is 0 Å². The highest BCUT2D eigenvalue weighted by molar-refractivity contribution is 4.89. The highest BCUT2D eigenvalue weighted by atomic mass is 14.7. The number of unbranched alkanes of at least 4 members (excludes halogenated alkanes) is 9. The number of rotatable bonds is 12. The standard InChI is InChI=1S/C19H39N/c1-3-4-5-6-7-8-9-10-11-12-15-18(20)19(2)16-13-14-17-19/h18H,3-17,20H2,1-2H3. The lowest BCUT2D eigenvalue weighted by atomic mass is 9.79. The van der Waals surface area contributed by atoms with Crippen molar-refractivity contribution in [3.8, 4) is 0 Å². The van der Waals surface area contributed by atoms with Crippen LogP contribution in [0.25, 0.3) is 0 Å². The van der Waals surface area contributed by atoms with Crippen LogP contribution in [0.1, 0.15) is 110 Å². The molecule has 0 amide bonds. The van der Waals surface area contributed by atoms with Gasteiger partial charge in [0.1, 0.15) is 0 Å². The predicted octanol–water partition coefficient (Wildman–Crippen LogP) is 6.21. The van der Waals surface area contributed by atoms with E-state index in [-0.39, 0.29) is 0 Å². The molecule has 2 N–H and O–H groups in total. The molecule has 1 atom stereocenters. The van der Waals surface area contributed by atoms with Crippen molar-refractivity contribution in [3.63, 3.8) is 0 Å². The van der Waals surface area contributed by atoms with Crippen molar-refractivity contribution in [2.24, 2.45) is 11.1 Å². The van der Waals surface area contributed by atoms with E-state index in [0.717, 1.165) is 0 Å². The highest BCUT2D eigenvalue weighted by Gasteiger charge is 2.34. The van der Waals surface area contributed by atoms with Gasteiger partial charge >= 0.3 is 0 Å². The van der Waals surface area contributed by atoms with E-state index in [1.54, 1.807) is 0 Å². The molecule has 1 aliphatic rings. The summed E-state index contributed by atoms with van der Waals surface area (Å²) in [5.41, 5.74) is 6.89. The van der Waals surface area contributed by atoms with Gasteiger partial charge in [-0.1, -0.05) is 90.9 Å². The Morgan fingerprint density at radius 1 is 0.800 bits per heavy atom. The summed E-state index contributed by atoms with van der Waals surface area (Å²) >= 11 is 0. The molecule has 1 unspecified atom stereocenters. The zero-order valence-electron chi connectivity index (χ0n) is 14.3. The largest absolute Gasteiger partial charge is 0.327 e.